The number of carbonyl (C=O) groups is 1. The third kappa shape index (κ3) is 2.41. The van der Waals surface area contributed by atoms with E-state index < -0.39 is 0 Å². The van der Waals surface area contributed by atoms with Crippen LogP contribution in [-0.4, -0.2) is 23.6 Å². The van der Waals surface area contributed by atoms with E-state index in [1.807, 2.05) is 6.92 Å². The highest BCUT2D eigenvalue weighted by molar-refractivity contribution is 6.02. The smallest absolute Gasteiger partial charge is 0.251 e. The molecule has 0 unspecified atom stereocenters. The van der Waals surface area contributed by atoms with Gasteiger partial charge in [-0.15, -0.1) is 0 Å². The minimum absolute atomic E-state index is 0.325. The van der Waals surface area contributed by atoms with E-state index in [1.54, 1.807) is 0 Å². The lowest BCUT2D eigenvalue weighted by Crippen LogP contribution is -2.17. The molecule has 2 aromatic rings. The number of amides is 1. The maximum atomic E-state index is 12.1. The molecule has 1 aromatic carbocycles. The number of benzene rings is 1. The van der Waals surface area contributed by atoms with Crippen LogP contribution in [-0.2, 0) is 0 Å². The quantitative estimate of drug-likeness (QED) is 0.930. The SMILES string of the molecule is Cc1c(C(N)=O)c(-c2ccc(N3CCCC3)cc2)c(C)n1C1CC1. The van der Waals surface area contributed by atoms with Gasteiger partial charge in [0.1, 0.15) is 0 Å². The molecule has 2 fully saturated rings. The average molecular weight is 323 g/mol. The van der Waals surface area contributed by atoms with Crippen molar-refractivity contribution < 1.29 is 4.79 Å². The summed E-state index contributed by atoms with van der Waals surface area (Å²) < 4.78 is 2.31. The van der Waals surface area contributed by atoms with Crippen LogP contribution < -0.4 is 10.6 Å². The molecule has 2 N–H and O–H groups in total. The van der Waals surface area contributed by atoms with Crippen molar-refractivity contribution in [2.45, 2.75) is 45.6 Å². The van der Waals surface area contributed by atoms with Crippen molar-refractivity contribution in [3.63, 3.8) is 0 Å². The van der Waals surface area contributed by atoms with Gasteiger partial charge in [0.15, 0.2) is 0 Å². The summed E-state index contributed by atoms with van der Waals surface area (Å²) >= 11 is 0. The molecule has 0 spiro atoms. The Balaban J connectivity index is 1.78. The number of nitrogens with two attached hydrogens (primary N) is 1. The average Bonchev–Trinajstić information content (AvgIpc) is 3.16. The summed E-state index contributed by atoms with van der Waals surface area (Å²) in [5.74, 6) is -0.325. The lowest BCUT2D eigenvalue weighted by molar-refractivity contribution is 0.1000. The molecule has 1 aliphatic carbocycles. The van der Waals surface area contributed by atoms with Gasteiger partial charge in [-0.2, -0.15) is 0 Å². The Hall–Kier alpha value is -2.23. The fraction of sp³-hybridized carbons (Fsp3) is 0.450. The Bertz CT molecular complexity index is 778. The standard InChI is InChI=1S/C20H25N3O/c1-13-18(19(20(21)24)14(2)23(13)17-9-10-17)15-5-7-16(8-6-15)22-11-3-4-12-22/h5-8,17H,3-4,9-12H2,1-2H3,(H2,21,24). The van der Waals surface area contributed by atoms with Crippen LogP contribution in [0.4, 0.5) is 5.69 Å². The zero-order valence-corrected chi connectivity index (χ0v) is 14.5. The highest BCUT2D eigenvalue weighted by atomic mass is 16.1. The number of nitrogens with zero attached hydrogens (tertiary/aromatic N) is 2. The van der Waals surface area contributed by atoms with Crippen molar-refractivity contribution in [1.82, 2.24) is 4.57 Å². The molecule has 4 rings (SSSR count). The minimum Gasteiger partial charge on any atom is -0.372 e. The molecule has 0 bridgehead atoms. The van der Waals surface area contributed by atoms with Crippen LogP contribution in [0.1, 0.15) is 53.5 Å². The van der Waals surface area contributed by atoms with Gasteiger partial charge >= 0.3 is 0 Å². The van der Waals surface area contributed by atoms with Gasteiger partial charge < -0.3 is 15.2 Å². The van der Waals surface area contributed by atoms with Gasteiger partial charge in [0.2, 0.25) is 0 Å². The van der Waals surface area contributed by atoms with Gasteiger partial charge in [-0.05, 0) is 57.2 Å². The summed E-state index contributed by atoms with van der Waals surface area (Å²) in [6.07, 6.45) is 4.94. The molecule has 1 saturated carbocycles. The van der Waals surface area contributed by atoms with Crippen LogP contribution in [0.15, 0.2) is 24.3 Å². The third-order valence-corrected chi connectivity index (χ3v) is 5.48. The summed E-state index contributed by atoms with van der Waals surface area (Å²) in [4.78, 5) is 14.5. The predicted molar refractivity (Wildman–Crippen MR) is 97.6 cm³/mol. The van der Waals surface area contributed by atoms with Gasteiger partial charge in [0.25, 0.3) is 5.91 Å². The topological polar surface area (TPSA) is 51.3 Å². The molecular weight excluding hydrogens is 298 g/mol. The molecule has 1 aromatic heterocycles. The summed E-state index contributed by atoms with van der Waals surface area (Å²) in [6.45, 7) is 6.42. The van der Waals surface area contributed by atoms with Gasteiger partial charge in [0.05, 0.1) is 5.56 Å². The molecule has 4 nitrogen and oxygen atoms in total. The first-order chi connectivity index (χ1) is 11.6. The Kier molecular flexibility index (Phi) is 3.63. The van der Waals surface area contributed by atoms with E-state index in [4.69, 9.17) is 5.73 Å². The van der Waals surface area contributed by atoms with E-state index in [0.717, 1.165) is 35.6 Å². The van der Waals surface area contributed by atoms with E-state index in [0.29, 0.717) is 11.6 Å². The minimum atomic E-state index is -0.325. The summed E-state index contributed by atoms with van der Waals surface area (Å²) in [6, 6.07) is 9.17. The summed E-state index contributed by atoms with van der Waals surface area (Å²) in [7, 11) is 0. The molecule has 1 aliphatic heterocycles. The van der Waals surface area contributed by atoms with Gasteiger partial charge in [-0.3, -0.25) is 4.79 Å². The van der Waals surface area contributed by atoms with E-state index in [-0.39, 0.29) is 5.91 Å². The lowest BCUT2D eigenvalue weighted by atomic mass is 9.99. The molecule has 126 valence electrons. The predicted octanol–water partition coefficient (Wildman–Crippen LogP) is 3.81. The number of hydrogen-bond donors (Lipinski definition) is 1. The number of anilines is 1. The van der Waals surface area contributed by atoms with E-state index >= 15 is 0 Å². The Morgan fingerprint density at radius 3 is 2.21 bits per heavy atom. The molecule has 2 heterocycles. The molecule has 4 heteroatoms. The molecule has 1 saturated heterocycles. The van der Waals surface area contributed by atoms with Crippen LogP contribution >= 0.6 is 0 Å². The Morgan fingerprint density at radius 1 is 1.04 bits per heavy atom. The highest BCUT2D eigenvalue weighted by Gasteiger charge is 2.31. The molecule has 1 amide bonds. The van der Waals surface area contributed by atoms with E-state index in [2.05, 4.69) is 40.7 Å². The first-order valence-corrected chi connectivity index (χ1v) is 8.94. The zero-order chi connectivity index (χ0) is 16.8. The van der Waals surface area contributed by atoms with Gasteiger partial charge in [-0.1, -0.05) is 12.1 Å². The number of rotatable bonds is 4. The molecule has 2 aliphatic rings. The molecular formula is C20H25N3O. The van der Waals surface area contributed by atoms with E-state index in [9.17, 15) is 4.79 Å². The van der Waals surface area contributed by atoms with Crippen molar-refractivity contribution in [2.75, 3.05) is 18.0 Å². The van der Waals surface area contributed by atoms with Gasteiger partial charge in [0, 0.05) is 41.8 Å². The Labute approximate surface area is 143 Å². The number of carbonyl (C=O) groups excluding carboxylic acids is 1. The lowest BCUT2D eigenvalue weighted by Gasteiger charge is -2.18. The Morgan fingerprint density at radius 2 is 1.67 bits per heavy atom. The second-order valence-electron chi connectivity index (χ2n) is 7.13. The fourth-order valence-corrected chi connectivity index (χ4v) is 4.20. The van der Waals surface area contributed by atoms with Crippen molar-refractivity contribution in [3.05, 3.63) is 41.2 Å². The molecule has 0 atom stereocenters. The van der Waals surface area contributed by atoms with Crippen LogP contribution in [0, 0.1) is 13.8 Å². The first kappa shape index (κ1) is 15.3. The highest BCUT2D eigenvalue weighted by Crippen LogP contribution is 2.42. The summed E-state index contributed by atoms with van der Waals surface area (Å²) in [5, 5.41) is 0. The maximum absolute atomic E-state index is 12.1. The van der Waals surface area contributed by atoms with Crippen LogP contribution in [0.3, 0.4) is 0 Å². The first-order valence-electron chi connectivity index (χ1n) is 8.94. The van der Waals surface area contributed by atoms with Crippen molar-refractivity contribution in [1.29, 1.82) is 0 Å². The molecule has 24 heavy (non-hydrogen) atoms. The number of primary amides is 1. The van der Waals surface area contributed by atoms with Crippen LogP contribution in [0.2, 0.25) is 0 Å². The van der Waals surface area contributed by atoms with Crippen molar-refractivity contribution >= 4 is 11.6 Å². The van der Waals surface area contributed by atoms with E-state index in [1.165, 1.54) is 31.4 Å². The van der Waals surface area contributed by atoms with Crippen LogP contribution in [0.5, 0.6) is 0 Å². The largest absolute Gasteiger partial charge is 0.372 e. The normalized spacial score (nSPS) is 17.5. The monoisotopic (exact) mass is 323 g/mol. The fourth-order valence-electron chi connectivity index (χ4n) is 4.20. The second-order valence-corrected chi connectivity index (χ2v) is 7.13. The van der Waals surface area contributed by atoms with Crippen molar-refractivity contribution in [2.24, 2.45) is 5.73 Å². The van der Waals surface area contributed by atoms with Crippen LogP contribution in [0.25, 0.3) is 11.1 Å². The summed E-state index contributed by atoms with van der Waals surface area (Å²) in [5.41, 5.74) is 12.0. The number of aromatic nitrogens is 1. The second kappa shape index (κ2) is 5.69. The number of hydrogen-bond acceptors (Lipinski definition) is 2. The van der Waals surface area contributed by atoms with Crippen molar-refractivity contribution in [3.8, 4) is 11.1 Å². The zero-order valence-electron chi connectivity index (χ0n) is 14.5. The maximum Gasteiger partial charge on any atom is 0.251 e. The molecule has 0 radical (unpaired) electrons. The third-order valence-electron chi connectivity index (χ3n) is 5.48. The van der Waals surface area contributed by atoms with Gasteiger partial charge in [-0.25, -0.2) is 0 Å².